The maximum atomic E-state index is 12.4. The van der Waals surface area contributed by atoms with Gasteiger partial charge in [0.1, 0.15) is 0 Å². The van der Waals surface area contributed by atoms with Crippen LogP contribution in [-0.2, 0) is 4.79 Å². The van der Waals surface area contributed by atoms with Crippen molar-refractivity contribution in [3.05, 3.63) is 0 Å². The normalized spacial score (nSPS) is 20.9. The van der Waals surface area contributed by atoms with Crippen molar-refractivity contribution in [3.8, 4) is 0 Å². The number of hydrogen-bond donors (Lipinski definition) is 1. The van der Waals surface area contributed by atoms with Crippen molar-refractivity contribution in [1.29, 1.82) is 0 Å². The summed E-state index contributed by atoms with van der Waals surface area (Å²) in [6, 6.07) is 0.497. The molecular weight excluding hydrogens is 212 g/mol. The quantitative estimate of drug-likeness (QED) is 0.773. The number of rotatable bonds is 6. The number of likely N-dealkylation sites (tertiary alicyclic amines) is 1. The van der Waals surface area contributed by atoms with Crippen molar-refractivity contribution in [2.24, 2.45) is 5.92 Å². The van der Waals surface area contributed by atoms with Gasteiger partial charge in [-0.2, -0.15) is 0 Å². The van der Waals surface area contributed by atoms with E-state index in [-0.39, 0.29) is 5.92 Å². The lowest BCUT2D eigenvalue weighted by molar-refractivity contribution is -0.137. The van der Waals surface area contributed by atoms with Crippen LogP contribution in [0.3, 0.4) is 0 Å². The zero-order valence-electron chi connectivity index (χ0n) is 11.7. The van der Waals surface area contributed by atoms with E-state index in [1.807, 2.05) is 7.05 Å². The van der Waals surface area contributed by atoms with Gasteiger partial charge in [-0.3, -0.25) is 4.79 Å². The first-order valence-electron chi connectivity index (χ1n) is 7.18. The molecule has 1 aliphatic heterocycles. The number of carbonyl (C=O) groups excluding carboxylic acids is 1. The molecule has 100 valence electrons. The third-order valence-corrected chi connectivity index (χ3v) is 3.76. The molecule has 1 atom stereocenters. The van der Waals surface area contributed by atoms with Crippen molar-refractivity contribution in [2.75, 3.05) is 20.1 Å². The van der Waals surface area contributed by atoms with Crippen LogP contribution in [0.1, 0.15) is 52.4 Å². The molecule has 3 heteroatoms. The molecule has 0 saturated carbocycles. The maximum Gasteiger partial charge on any atom is 0.225 e. The first kappa shape index (κ1) is 14.5. The van der Waals surface area contributed by atoms with Crippen LogP contribution >= 0.6 is 0 Å². The van der Waals surface area contributed by atoms with Gasteiger partial charge in [0.15, 0.2) is 0 Å². The van der Waals surface area contributed by atoms with Gasteiger partial charge in [0, 0.05) is 25.0 Å². The van der Waals surface area contributed by atoms with Gasteiger partial charge in [0.2, 0.25) is 5.91 Å². The molecule has 3 nitrogen and oxygen atoms in total. The molecule has 1 N–H and O–H groups in total. The Kier molecular flexibility index (Phi) is 6.56. The smallest absolute Gasteiger partial charge is 0.225 e. The lowest BCUT2D eigenvalue weighted by Gasteiger charge is -2.35. The second-order valence-corrected chi connectivity index (χ2v) is 5.19. The zero-order chi connectivity index (χ0) is 12.7. The fourth-order valence-electron chi connectivity index (χ4n) is 2.76. The van der Waals surface area contributed by atoms with E-state index >= 15 is 0 Å². The van der Waals surface area contributed by atoms with E-state index in [0.717, 1.165) is 45.2 Å². The highest BCUT2D eigenvalue weighted by Crippen LogP contribution is 2.19. The highest BCUT2D eigenvalue weighted by atomic mass is 16.2. The van der Waals surface area contributed by atoms with Crippen LogP contribution in [0.2, 0.25) is 0 Å². The topological polar surface area (TPSA) is 32.3 Å². The van der Waals surface area contributed by atoms with Crippen molar-refractivity contribution in [2.45, 2.75) is 58.4 Å². The van der Waals surface area contributed by atoms with Gasteiger partial charge in [-0.15, -0.1) is 0 Å². The first-order chi connectivity index (χ1) is 8.22. The van der Waals surface area contributed by atoms with Crippen LogP contribution < -0.4 is 5.32 Å². The van der Waals surface area contributed by atoms with Gasteiger partial charge in [-0.1, -0.05) is 26.7 Å². The van der Waals surface area contributed by atoms with E-state index in [1.165, 1.54) is 6.42 Å². The fourth-order valence-corrected chi connectivity index (χ4v) is 2.76. The number of nitrogens with zero attached hydrogens (tertiary/aromatic N) is 1. The monoisotopic (exact) mass is 240 g/mol. The number of hydrogen-bond acceptors (Lipinski definition) is 2. The molecule has 17 heavy (non-hydrogen) atoms. The Hall–Kier alpha value is -0.570. The van der Waals surface area contributed by atoms with Crippen molar-refractivity contribution in [1.82, 2.24) is 10.2 Å². The number of likely N-dealkylation sites (N-methyl/N-ethyl adjacent to an activating group) is 1. The highest BCUT2D eigenvalue weighted by Gasteiger charge is 2.27. The largest absolute Gasteiger partial charge is 0.341 e. The van der Waals surface area contributed by atoms with Gasteiger partial charge in [0.25, 0.3) is 0 Å². The molecule has 0 bridgehead atoms. The summed E-state index contributed by atoms with van der Waals surface area (Å²) in [6.45, 7) is 6.20. The third kappa shape index (κ3) is 4.30. The summed E-state index contributed by atoms with van der Waals surface area (Å²) >= 11 is 0. The Bertz CT molecular complexity index is 224. The van der Waals surface area contributed by atoms with Crippen LogP contribution in [0, 0.1) is 5.92 Å². The molecule has 1 amide bonds. The number of carbonyl (C=O) groups is 1. The molecule has 0 aromatic rings. The predicted molar refractivity (Wildman–Crippen MR) is 72.0 cm³/mol. The van der Waals surface area contributed by atoms with Gasteiger partial charge in [-0.25, -0.2) is 0 Å². The Morgan fingerprint density at radius 1 is 1.35 bits per heavy atom. The summed E-state index contributed by atoms with van der Waals surface area (Å²) < 4.78 is 0. The molecular formula is C14H28N2O. The van der Waals surface area contributed by atoms with Crippen LogP contribution in [0.25, 0.3) is 0 Å². The average molecular weight is 240 g/mol. The van der Waals surface area contributed by atoms with Gasteiger partial charge < -0.3 is 10.2 Å². The van der Waals surface area contributed by atoms with E-state index in [2.05, 4.69) is 24.1 Å². The minimum atomic E-state index is 0.264. The molecule has 0 aliphatic carbocycles. The number of piperidine rings is 1. The van der Waals surface area contributed by atoms with E-state index < -0.39 is 0 Å². The summed E-state index contributed by atoms with van der Waals surface area (Å²) in [5, 5.41) is 3.30. The molecule has 1 aliphatic rings. The van der Waals surface area contributed by atoms with Crippen LogP contribution in [0.4, 0.5) is 0 Å². The van der Waals surface area contributed by atoms with Crippen molar-refractivity contribution in [3.63, 3.8) is 0 Å². The standard InChI is InChI=1S/C14H28N2O/c1-4-7-12(8-5-2)14(17)16-10-6-9-13(11-16)15-3/h12-13,15H,4-11H2,1-3H3. The minimum absolute atomic E-state index is 0.264. The molecule has 0 spiro atoms. The summed E-state index contributed by atoms with van der Waals surface area (Å²) in [5.74, 6) is 0.661. The molecule has 0 aromatic heterocycles. The van der Waals surface area contributed by atoms with Crippen LogP contribution in [0.15, 0.2) is 0 Å². The molecule has 1 rings (SSSR count). The van der Waals surface area contributed by atoms with Gasteiger partial charge in [-0.05, 0) is 32.7 Å². The van der Waals surface area contributed by atoms with E-state index in [4.69, 9.17) is 0 Å². The second kappa shape index (κ2) is 7.70. The summed E-state index contributed by atoms with van der Waals surface area (Å²) in [6.07, 6.45) is 6.66. The highest BCUT2D eigenvalue weighted by molar-refractivity contribution is 5.79. The molecule has 0 aromatic carbocycles. The summed E-state index contributed by atoms with van der Waals surface area (Å²) in [7, 11) is 1.99. The summed E-state index contributed by atoms with van der Waals surface area (Å²) in [4.78, 5) is 14.5. The maximum absolute atomic E-state index is 12.4. The Morgan fingerprint density at radius 2 is 2.00 bits per heavy atom. The second-order valence-electron chi connectivity index (χ2n) is 5.19. The predicted octanol–water partition coefficient (Wildman–Crippen LogP) is 2.41. The van der Waals surface area contributed by atoms with E-state index in [0.29, 0.717) is 11.9 Å². The van der Waals surface area contributed by atoms with Crippen molar-refractivity contribution >= 4 is 5.91 Å². The lowest BCUT2D eigenvalue weighted by atomic mass is 9.95. The Morgan fingerprint density at radius 3 is 2.53 bits per heavy atom. The number of nitrogens with one attached hydrogen (secondary N) is 1. The average Bonchev–Trinajstić information content (AvgIpc) is 2.38. The molecule has 1 unspecified atom stereocenters. The van der Waals surface area contributed by atoms with E-state index in [9.17, 15) is 4.79 Å². The molecule has 0 radical (unpaired) electrons. The lowest BCUT2D eigenvalue weighted by Crippen LogP contribution is -2.48. The number of amides is 1. The molecule has 1 fully saturated rings. The summed E-state index contributed by atoms with van der Waals surface area (Å²) in [5.41, 5.74) is 0. The van der Waals surface area contributed by atoms with Crippen LogP contribution in [-0.4, -0.2) is 37.0 Å². The van der Waals surface area contributed by atoms with Gasteiger partial charge in [0.05, 0.1) is 0 Å². The van der Waals surface area contributed by atoms with Gasteiger partial charge >= 0.3 is 0 Å². The molecule has 1 saturated heterocycles. The molecule has 1 heterocycles. The Balaban J connectivity index is 2.53. The Labute approximate surface area is 106 Å². The van der Waals surface area contributed by atoms with Crippen LogP contribution in [0.5, 0.6) is 0 Å². The van der Waals surface area contributed by atoms with E-state index in [1.54, 1.807) is 0 Å². The minimum Gasteiger partial charge on any atom is -0.341 e. The fraction of sp³-hybridized carbons (Fsp3) is 0.929. The first-order valence-corrected chi connectivity index (χ1v) is 7.18. The zero-order valence-corrected chi connectivity index (χ0v) is 11.7. The van der Waals surface area contributed by atoms with Crippen molar-refractivity contribution < 1.29 is 4.79 Å². The third-order valence-electron chi connectivity index (χ3n) is 3.76. The SMILES string of the molecule is CCCC(CCC)C(=O)N1CCCC(NC)C1.